The largest absolute Gasteiger partial charge is 0.363 e. The van der Waals surface area contributed by atoms with E-state index in [-0.39, 0.29) is 5.54 Å². The standard InChI is InChI=1S/C10H12ClN3S/c1-10(2,5-11)14-8-7-3-4-15-9(7)13-6-12-8/h3-4,6H,5H2,1-2H3,(H,12,13,14). The van der Waals surface area contributed by atoms with E-state index in [1.165, 1.54) is 0 Å². The first-order valence-corrected chi connectivity index (χ1v) is 6.06. The zero-order valence-corrected chi connectivity index (χ0v) is 10.2. The SMILES string of the molecule is CC(C)(CCl)Nc1ncnc2sccc12. The molecule has 0 saturated heterocycles. The lowest BCUT2D eigenvalue weighted by Gasteiger charge is -2.24. The Bertz CT molecular complexity index is 466. The van der Waals surface area contributed by atoms with Crippen LogP contribution in [0.5, 0.6) is 0 Å². The van der Waals surface area contributed by atoms with Crippen LogP contribution < -0.4 is 5.32 Å². The van der Waals surface area contributed by atoms with E-state index in [9.17, 15) is 0 Å². The summed E-state index contributed by atoms with van der Waals surface area (Å²) in [6, 6.07) is 2.02. The number of nitrogens with zero attached hydrogens (tertiary/aromatic N) is 2. The number of nitrogens with one attached hydrogen (secondary N) is 1. The Labute approximate surface area is 97.5 Å². The highest BCUT2D eigenvalue weighted by Crippen LogP contribution is 2.26. The van der Waals surface area contributed by atoms with Crippen molar-refractivity contribution in [1.29, 1.82) is 0 Å². The van der Waals surface area contributed by atoms with E-state index >= 15 is 0 Å². The molecule has 3 nitrogen and oxygen atoms in total. The second kappa shape index (κ2) is 3.94. The highest BCUT2D eigenvalue weighted by molar-refractivity contribution is 7.16. The Morgan fingerprint density at radius 2 is 2.27 bits per heavy atom. The molecule has 2 aromatic rings. The number of hydrogen-bond acceptors (Lipinski definition) is 4. The minimum Gasteiger partial charge on any atom is -0.363 e. The van der Waals surface area contributed by atoms with Gasteiger partial charge in [0.15, 0.2) is 0 Å². The van der Waals surface area contributed by atoms with Gasteiger partial charge in [-0.1, -0.05) is 0 Å². The average molecular weight is 242 g/mol. The van der Waals surface area contributed by atoms with Gasteiger partial charge in [0.05, 0.1) is 5.39 Å². The summed E-state index contributed by atoms with van der Waals surface area (Å²) in [4.78, 5) is 9.43. The summed E-state index contributed by atoms with van der Waals surface area (Å²) in [7, 11) is 0. The molecule has 1 N–H and O–H groups in total. The molecule has 0 unspecified atom stereocenters. The van der Waals surface area contributed by atoms with Crippen molar-refractivity contribution in [3.63, 3.8) is 0 Å². The maximum atomic E-state index is 5.86. The molecule has 0 aliphatic rings. The molecule has 0 spiro atoms. The number of rotatable bonds is 3. The summed E-state index contributed by atoms with van der Waals surface area (Å²) in [5.41, 5.74) is -0.162. The first kappa shape index (κ1) is 10.6. The quantitative estimate of drug-likeness (QED) is 0.839. The molecule has 0 amide bonds. The number of alkyl halides is 1. The number of thiophene rings is 1. The van der Waals surface area contributed by atoms with Crippen molar-refractivity contribution in [3.8, 4) is 0 Å². The van der Waals surface area contributed by atoms with E-state index in [1.54, 1.807) is 17.7 Å². The van der Waals surface area contributed by atoms with E-state index in [0.29, 0.717) is 5.88 Å². The lowest BCUT2D eigenvalue weighted by molar-refractivity contribution is 0.639. The van der Waals surface area contributed by atoms with Gasteiger partial charge in [-0.25, -0.2) is 9.97 Å². The van der Waals surface area contributed by atoms with Crippen LogP contribution in [0.15, 0.2) is 17.8 Å². The van der Waals surface area contributed by atoms with Crippen LogP contribution in [0.2, 0.25) is 0 Å². The summed E-state index contributed by atoms with van der Waals surface area (Å²) in [5.74, 6) is 1.38. The molecule has 0 aliphatic heterocycles. The van der Waals surface area contributed by atoms with E-state index in [0.717, 1.165) is 16.0 Å². The molecule has 2 heterocycles. The van der Waals surface area contributed by atoms with Gasteiger partial charge in [-0.3, -0.25) is 0 Å². The fraction of sp³-hybridized carbons (Fsp3) is 0.400. The van der Waals surface area contributed by atoms with Crippen molar-refractivity contribution in [2.75, 3.05) is 11.2 Å². The van der Waals surface area contributed by atoms with E-state index < -0.39 is 0 Å². The Morgan fingerprint density at radius 1 is 1.47 bits per heavy atom. The van der Waals surface area contributed by atoms with Crippen LogP contribution in [0.4, 0.5) is 5.82 Å². The number of fused-ring (bicyclic) bond motifs is 1. The Balaban J connectivity index is 2.39. The average Bonchev–Trinajstić information content (AvgIpc) is 2.66. The highest BCUT2D eigenvalue weighted by Gasteiger charge is 2.17. The van der Waals surface area contributed by atoms with Crippen molar-refractivity contribution in [1.82, 2.24) is 9.97 Å². The van der Waals surface area contributed by atoms with Crippen molar-refractivity contribution < 1.29 is 0 Å². The topological polar surface area (TPSA) is 37.8 Å². The second-order valence-electron chi connectivity index (χ2n) is 4.00. The van der Waals surface area contributed by atoms with Crippen LogP contribution in [0.3, 0.4) is 0 Å². The van der Waals surface area contributed by atoms with Crippen LogP contribution >= 0.6 is 22.9 Å². The first-order chi connectivity index (χ1) is 7.12. The van der Waals surface area contributed by atoms with Crippen LogP contribution in [-0.4, -0.2) is 21.4 Å². The molecule has 0 aliphatic carbocycles. The van der Waals surface area contributed by atoms with E-state index in [1.807, 2.05) is 25.3 Å². The maximum Gasteiger partial charge on any atom is 0.138 e. The minimum atomic E-state index is -0.162. The third-order valence-corrected chi connectivity index (χ3v) is 3.54. The molecule has 2 aromatic heterocycles. The Kier molecular flexibility index (Phi) is 2.80. The molecule has 0 saturated carbocycles. The zero-order valence-electron chi connectivity index (χ0n) is 8.62. The summed E-state index contributed by atoms with van der Waals surface area (Å²) in [5, 5.41) is 6.39. The van der Waals surface area contributed by atoms with Crippen molar-refractivity contribution in [2.24, 2.45) is 0 Å². The minimum absolute atomic E-state index is 0.162. The molecule has 0 atom stereocenters. The van der Waals surface area contributed by atoms with Crippen molar-refractivity contribution in [3.05, 3.63) is 17.8 Å². The fourth-order valence-electron chi connectivity index (χ4n) is 1.24. The van der Waals surface area contributed by atoms with Crippen LogP contribution in [0.25, 0.3) is 10.2 Å². The third-order valence-electron chi connectivity index (χ3n) is 2.05. The third kappa shape index (κ3) is 2.21. The number of hydrogen-bond donors (Lipinski definition) is 1. The summed E-state index contributed by atoms with van der Waals surface area (Å²) in [6.45, 7) is 4.08. The molecule has 0 aromatic carbocycles. The van der Waals surface area contributed by atoms with Gasteiger partial charge in [0.1, 0.15) is 17.0 Å². The molecular weight excluding hydrogens is 230 g/mol. The predicted molar refractivity (Wildman–Crippen MR) is 65.8 cm³/mol. The van der Waals surface area contributed by atoms with Gasteiger partial charge < -0.3 is 5.32 Å². The van der Waals surface area contributed by atoms with E-state index in [2.05, 4.69) is 15.3 Å². The molecule has 80 valence electrons. The monoisotopic (exact) mass is 241 g/mol. The number of halogens is 1. The molecular formula is C10H12ClN3S. The molecule has 0 radical (unpaired) electrons. The van der Waals surface area contributed by atoms with Crippen molar-refractivity contribution >= 4 is 39.0 Å². The van der Waals surface area contributed by atoms with Gasteiger partial charge in [0, 0.05) is 11.4 Å². The number of aromatic nitrogens is 2. The lowest BCUT2D eigenvalue weighted by Crippen LogP contribution is -2.33. The Hall–Kier alpha value is -0.870. The molecule has 15 heavy (non-hydrogen) atoms. The highest BCUT2D eigenvalue weighted by atomic mass is 35.5. The summed E-state index contributed by atoms with van der Waals surface area (Å²) in [6.07, 6.45) is 1.57. The van der Waals surface area contributed by atoms with Gasteiger partial charge in [-0.05, 0) is 25.3 Å². The van der Waals surface area contributed by atoms with Crippen LogP contribution in [-0.2, 0) is 0 Å². The summed E-state index contributed by atoms with van der Waals surface area (Å²) >= 11 is 7.48. The van der Waals surface area contributed by atoms with Gasteiger partial charge in [-0.15, -0.1) is 22.9 Å². The van der Waals surface area contributed by atoms with Gasteiger partial charge in [0.2, 0.25) is 0 Å². The van der Waals surface area contributed by atoms with Gasteiger partial charge >= 0.3 is 0 Å². The zero-order chi connectivity index (χ0) is 10.9. The summed E-state index contributed by atoms with van der Waals surface area (Å²) < 4.78 is 0. The smallest absolute Gasteiger partial charge is 0.138 e. The van der Waals surface area contributed by atoms with Gasteiger partial charge in [0.25, 0.3) is 0 Å². The van der Waals surface area contributed by atoms with E-state index in [4.69, 9.17) is 11.6 Å². The normalized spacial score (nSPS) is 11.9. The molecule has 5 heteroatoms. The fourth-order valence-corrected chi connectivity index (χ4v) is 2.04. The lowest BCUT2D eigenvalue weighted by atomic mass is 10.1. The van der Waals surface area contributed by atoms with Crippen molar-refractivity contribution in [2.45, 2.75) is 19.4 Å². The van der Waals surface area contributed by atoms with Gasteiger partial charge in [-0.2, -0.15) is 0 Å². The molecule has 0 bridgehead atoms. The van der Waals surface area contributed by atoms with Crippen LogP contribution in [0, 0.1) is 0 Å². The predicted octanol–water partition coefficient (Wildman–Crippen LogP) is 3.12. The second-order valence-corrected chi connectivity index (χ2v) is 5.17. The Morgan fingerprint density at radius 3 is 3.00 bits per heavy atom. The van der Waals surface area contributed by atoms with Crippen LogP contribution in [0.1, 0.15) is 13.8 Å². The molecule has 0 fully saturated rings. The maximum absolute atomic E-state index is 5.86. The molecule has 2 rings (SSSR count). The number of anilines is 1. The first-order valence-electron chi connectivity index (χ1n) is 4.65.